The molecule has 2 N–H and O–H groups in total. The largest absolute Gasteiger partial charge is 0.357 e. The van der Waals surface area contributed by atoms with Gasteiger partial charge in [-0.05, 0) is 80.7 Å². The van der Waals surface area contributed by atoms with Gasteiger partial charge in [-0.3, -0.25) is 19.7 Å². The molecule has 3 amide bonds. The number of benzene rings is 1. The number of rotatable bonds is 8. The van der Waals surface area contributed by atoms with Crippen LogP contribution in [0.3, 0.4) is 0 Å². The molecule has 3 aliphatic heterocycles. The Hall–Kier alpha value is -4.65. The zero-order chi connectivity index (χ0) is 36.6. The summed E-state index contributed by atoms with van der Waals surface area (Å²) in [5.41, 5.74) is 4.69. The van der Waals surface area contributed by atoms with Crippen molar-refractivity contribution in [3.63, 3.8) is 0 Å². The molecule has 0 bridgehead atoms. The van der Waals surface area contributed by atoms with E-state index in [0.29, 0.717) is 50.3 Å². The number of hydrogen-bond acceptors (Lipinski definition) is 7. The average Bonchev–Trinajstić information content (AvgIpc) is 3.74. The van der Waals surface area contributed by atoms with Crippen LogP contribution >= 0.6 is 0 Å². The van der Waals surface area contributed by atoms with Crippen molar-refractivity contribution in [1.29, 1.82) is 0 Å². The van der Waals surface area contributed by atoms with Crippen molar-refractivity contribution in [3.8, 4) is 11.4 Å². The van der Waals surface area contributed by atoms with Crippen LogP contribution in [-0.4, -0.2) is 70.1 Å². The van der Waals surface area contributed by atoms with Gasteiger partial charge in [0.05, 0.1) is 11.6 Å². The van der Waals surface area contributed by atoms with Gasteiger partial charge >= 0.3 is 0 Å². The fourth-order valence-corrected chi connectivity index (χ4v) is 9.27. The lowest BCUT2D eigenvalue weighted by Crippen LogP contribution is -2.39. The Balaban J connectivity index is 0.854. The average molecular weight is 726 g/mol. The Labute approximate surface area is 306 Å². The normalized spacial score (nSPS) is 27.7. The number of aromatic amines is 1. The van der Waals surface area contributed by atoms with E-state index in [2.05, 4.69) is 20.2 Å². The number of alkyl halides is 2. The molecule has 53 heavy (non-hydrogen) atoms. The van der Waals surface area contributed by atoms with E-state index in [1.165, 1.54) is 0 Å². The lowest BCUT2D eigenvalue weighted by atomic mass is 9.87. The summed E-state index contributed by atoms with van der Waals surface area (Å²) in [5, 5.41) is 8.41. The number of imide groups is 1. The molecule has 13 heteroatoms. The van der Waals surface area contributed by atoms with Crippen molar-refractivity contribution < 1.29 is 27.9 Å². The number of fused-ring (bicyclic) bond motifs is 3. The maximum Gasteiger partial charge on any atom is 0.258 e. The van der Waals surface area contributed by atoms with E-state index in [0.717, 1.165) is 90.1 Å². The summed E-state index contributed by atoms with van der Waals surface area (Å²) < 4.78 is 37.9. The first-order valence-electron chi connectivity index (χ1n) is 19.0. The Morgan fingerprint density at radius 2 is 1.98 bits per heavy atom. The second-order valence-corrected chi connectivity index (χ2v) is 16.0. The van der Waals surface area contributed by atoms with E-state index < -0.39 is 17.3 Å². The Morgan fingerprint density at radius 3 is 2.75 bits per heavy atom. The first-order valence-corrected chi connectivity index (χ1v) is 19.0. The molecular formula is C40H45F2N7O4. The molecule has 3 saturated heterocycles. The fourth-order valence-electron chi connectivity index (χ4n) is 9.27. The minimum absolute atomic E-state index is 0.0370. The highest BCUT2D eigenvalue weighted by Gasteiger charge is 2.78. The molecule has 5 atom stereocenters. The molecule has 1 saturated carbocycles. The van der Waals surface area contributed by atoms with Crippen LogP contribution in [0.15, 0.2) is 42.6 Å². The number of nitrogens with one attached hydrogen (secondary N) is 2. The third-order valence-corrected chi connectivity index (χ3v) is 12.8. The van der Waals surface area contributed by atoms with Crippen molar-refractivity contribution in [2.45, 2.75) is 89.2 Å². The standard InChI is InChI=1S/C40H45F2N7O4/c1-39-20-31-28(19-32(39)40(39,41)42)37(46-49(31)36-5-3-4-16-53-36)30-17-24-7-9-26(18-29(24)44-30)47(2)35(51)13-6-23-14-15-48(22-23)33-11-8-25(21-43-33)27-10-12-34(50)45-38(27)52/h7-9,11,17-18,21,23,27,32,36,44H,3-6,10,12-16,19-20,22H2,1-2H3,(H,45,50,52)/t23?,27?,32-,36?,39+/m0/s1. The summed E-state index contributed by atoms with van der Waals surface area (Å²) in [5.74, 6) is -2.96. The summed E-state index contributed by atoms with van der Waals surface area (Å²) in [4.78, 5) is 49.3. The van der Waals surface area contributed by atoms with E-state index in [1.54, 1.807) is 25.1 Å². The van der Waals surface area contributed by atoms with Crippen molar-refractivity contribution in [3.05, 3.63) is 59.4 Å². The van der Waals surface area contributed by atoms with Gasteiger partial charge in [0.1, 0.15) is 17.7 Å². The van der Waals surface area contributed by atoms with E-state index >= 15 is 0 Å². The summed E-state index contributed by atoms with van der Waals surface area (Å²) >= 11 is 0. The van der Waals surface area contributed by atoms with E-state index in [9.17, 15) is 23.2 Å². The molecule has 9 rings (SSSR count). The Bertz CT molecular complexity index is 2100. The second kappa shape index (κ2) is 12.7. The molecule has 6 heterocycles. The molecule has 2 aliphatic carbocycles. The number of amides is 3. The maximum absolute atomic E-state index is 15.0. The molecule has 0 spiro atoms. The number of carbonyl (C=O) groups excluding carboxylic acids is 3. The number of ether oxygens (including phenoxy) is 1. The third kappa shape index (κ3) is 5.82. The zero-order valence-electron chi connectivity index (χ0n) is 30.2. The highest BCUT2D eigenvalue weighted by atomic mass is 19.3. The molecule has 5 aliphatic rings. The van der Waals surface area contributed by atoms with E-state index in [1.807, 2.05) is 41.1 Å². The fraction of sp³-hybridized carbons (Fsp3) is 0.525. The lowest BCUT2D eigenvalue weighted by molar-refractivity contribution is -0.134. The molecule has 4 aromatic rings. The van der Waals surface area contributed by atoms with Crippen molar-refractivity contribution >= 4 is 40.1 Å². The maximum atomic E-state index is 15.0. The van der Waals surface area contributed by atoms with E-state index in [4.69, 9.17) is 9.84 Å². The Morgan fingerprint density at radius 1 is 1.11 bits per heavy atom. The monoisotopic (exact) mass is 725 g/mol. The third-order valence-electron chi connectivity index (χ3n) is 12.8. The number of aromatic nitrogens is 4. The van der Waals surface area contributed by atoms with Crippen LogP contribution in [0.25, 0.3) is 22.3 Å². The van der Waals surface area contributed by atoms with Crippen LogP contribution in [-0.2, 0) is 32.0 Å². The predicted octanol–water partition coefficient (Wildman–Crippen LogP) is 6.29. The number of halogens is 2. The van der Waals surface area contributed by atoms with Gasteiger partial charge in [-0.15, -0.1) is 0 Å². The summed E-state index contributed by atoms with van der Waals surface area (Å²) in [6, 6.07) is 11.8. The molecule has 1 aromatic carbocycles. The van der Waals surface area contributed by atoms with Gasteiger partial charge in [-0.2, -0.15) is 5.10 Å². The topological polar surface area (TPSA) is 125 Å². The van der Waals surface area contributed by atoms with Crippen LogP contribution in [0.4, 0.5) is 20.3 Å². The van der Waals surface area contributed by atoms with Gasteiger partial charge in [0, 0.05) is 91.4 Å². The van der Waals surface area contributed by atoms with Crippen molar-refractivity contribution in [1.82, 2.24) is 25.1 Å². The quantitative estimate of drug-likeness (QED) is 0.205. The highest BCUT2D eigenvalue weighted by Crippen LogP contribution is 2.70. The Kier molecular flexibility index (Phi) is 8.21. The first kappa shape index (κ1) is 34.1. The summed E-state index contributed by atoms with van der Waals surface area (Å²) in [7, 11) is 1.80. The molecular weight excluding hydrogens is 680 g/mol. The van der Waals surface area contributed by atoms with Gasteiger partial charge in [-0.1, -0.05) is 19.1 Å². The minimum atomic E-state index is -2.68. The highest BCUT2D eigenvalue weighted by molar-refractivity contribution is 6.01. The van der Waals surface area contributed by atoms with Gasteiger partial charge < -0.3 is 19.5 Å². The van der Waals surface area contributed by atoms with Crippen molar-refractivity contribution in [2.24, 2.45) is 17.3 Å². The van der Waals surface area contributed by atoms with Gasteiger partial charge in [0.15, 0.2) is 0 Å². The van der Waals surface area contributed by atoms with Gasteiger partial charge in [0.2, 0.25) is 17.7 Å². The molecule has 11 nitrogen and oxygen atoms in total. The van der Waals surface area contributed by atoms with Gasteiger partial charge in [-0.25, -0.2) is 18.4 Å². The van der Waals surface area contributed by atoms with E-state index in [-0.39, 0.29) is 29.9 Å². The van der Waals surface area contributed by atoms with Crippen LogP contribution in [0, 0.1) is 17.3 Å². The number of carbonyl (C=O) groups is 3. The number of H-pyrrole nitrogens is 1. The second-order valence-electron chi connectivity index (χ2n) is 16.0. The number of nitrogens with zero attached hydrogens (tertiary/aromatic N) is 5. The van der Waals surface area contributed by atoms with Crippen LogP contribution in [0.1, 0.15) is 87.3 Å². The molecule has 4 fully saturated rings. The number of pyridine rings is 1. The SMILES string of the molecule is CN(C(=O)CCC1CCN(c2ccc(C3CCC(=O)NC3=O)cn2)C1)c1ccc2cc(-c3nn(C4CCCCO4)c4c3C[C@@H]3C(F)(F)[C@]3(C)C4)[nH]c2c1. The summed E-state index contributed by atoms with van der Waals surface area (Å²) in [6.45, 7) is 4.01. The predicted molar refractivity (Wildman–Crippen MR) is 195 cm³/mol. The van der Waals surface area contributed by atoms with Crippen molar-refractivity contribution in [2.75, 3.05) is 36.5 Å². The molecule has 0 radical (unpaired) electrons. The molecule has 3 aromatic heterocycles. The molecule has 278 valence electrons. The first-order chi connectivity index (χ1) is 25.5. The van der Waals surface area contributed by atoms with Crippen LogP contribution in [0.5, 0.6) is 0 Å². The summed E-state index contributed by atoms with van der Waals surface area (Å²) in [6.07, 6.45) is 7.90. The number of anilines is 2. The van der Waals surface area contributed by atoms with Crippen LogP contribution in [0.2, 0.25) is 0 Å². The van der Waals surface area contributed by atoms with Crippen LogP contribution < -0.4 is 15.1 Å². The lowest BCUT2D eigenvalue weighted by Gasteiger charge is -2.26. The van der Waals surface area contributed by atoms with Gasteiger partial charge in [0.25, 0.3) is 5.92 Å². The molecule has 3 unspecified atom stereocenters. The zero-order valence-corrected chi connectivity index (χ0v) is 30.2. The minimum Gasteiger partial charge on any atom is -0.357 e. The number of hydrogen-bond donors (Lipinski definition) is 2. The smallest absolute Gasteiger partial charge is 0.258 e. The number of piperidine rings is 1.